The third-order valence-corrected chi connectivity index (χ3v) is 10.2. The Bertz CT molecular complexity index is 1190. The van der Waals surface area contributed by atoms with Crippen molar-refractivity contribution in [1.29, 1.82) is 0 Å². The fraction of sp³-hybridized carbons (Fsp3) is 0.476. The van der Waals surface area contributed by atoms with Crippen LogP contribution in [0.5, 0.6) is 0 Å². The Kier molecular flexibility index (Phi) is 7.26. The minimum absolute atomic E-state index is 0.188. The maximum atomic E-state index is 13.2. The number of carbonyl (C=O) groups excluding carboxylic acids is 3. The van der Waals surface area contributed by atoms with E-state index >= 15 is 0 Å². The van der Waals surface area contributed by atoms with Crippen LogP contribution in [0.15, 0.2) is 21.7 Å². The SMILES string of the molecule is CCOC(=O)N1CCc2c(sc(NC(=O)C3CCCN3S(=O)(=O)c3cccs3)c2C(=O)OC)C1. The van der Waals surface area contributed by atoms with Crippen molar-refractivity contribution in [2.45, 2.75) is 43.0 Å². The van der Waals surface area contributed by atoms with Crippen LogP contribution in [0.2, 0.25) is 0 Å². The highest BCUT2D eigenvalue weighted by Gasteiger charge is 2.41. The van der Waals surface area contributed by atoms with Crippen LogP contribution in [0.4, 0.5) is 9.80 Å². The third kappa shape index (κ3) is 4.57. The Morgan fingerprint density at radius 2 is 2.06 bits per heavy atom. The number of thiophene rings is 2. The van der Waals surface area contributed by atoms with Crippen molar-refractivity contribution < 1.29 is 32.3 Å². The van der Waals surface area contributed by atoms with Crippen molar-refractivity contribution >= 4 is 55.7 Å². The first kappa shape index (κ1) is 24.6. The summed E-state index contributed by atoms with van der Waals surface area (Å²) in [6.07, 6.45) is 0.910. The van der Waals surface area contributed by atoms with Gasteiger partial charge in [-0.25, -0.2) is 18.0 Å². The molecule has 34 heavy (non-hydrogen) atoms. The molecule has 1 unspecified atom stereocenters. The number of amides is 2. The zero-order chi connectivity index (χ0) is 24.5. The lowest BCUT2D eigenvalue weighted by molar-refractivity contribution is -0.119. The van der Waals surface area contributed by atoms with E-state index in [-0.39, 0.29) is 29.5 Å². The number of hydrogen-bond donors (Lipinski definition) is 1. The molecule has 2 aliphatic rings. The van der Waals surface area contributed by atoms with Crippen molar-refractivity contribution in [2.24, 2.45) is 0 Å². The van der Waals surface area contributed by atoms with Crippen molar-refractivity contribution in [2.75, 3.05) is 32.1 Å². The van der Waals surface area contributed by atoms with Gasteiger partial charge in [-0.15, -0.1) is 22.7 Å². The summed E-state index contributed by atoms with van der Waals surface area (Å²) in [5.41, 5.74) is 0.979. The van der Waals surface area contributed by atoms with Crippen LogP contribution in [-0.2, 0) is 37.3 Å². The molecule has 2 aromatic heterocycles. The number of nitrogens with zero attached hydrogens (tertiary/aromatic N) is 2. The second-order valence-corrected chi connectivity index (χ2v) is 11.9. The highest BCUT2D eigenvalue weighted by molar-refractivity contribution is 7.91. The van der Waals surface area contributed by atoms with E-state index in [1.54, 1.807) is 23.3 Å². The van der Waals surface area contributed by atoms with Gasteiger partial charge in [-0.1, -0.05) is 6.07 Å². The molecule has 0 radical (unpaired) electrons. The van der Waals surface area contributed by atoms with Crippen LogP contribution < -0.4 is 5.32 Å². The van der Waals surface area contributed by atoms with Gasteiger partial charge >= 0.3 is 12.1 Å². The lowest BCUT2D eigenvalue weighted by atomic mass is 10.0. The van der Waals surface area contributed by atoms with Gasteiger partial charge in [0.15, 0.2) is 0 Å². The van der Waals surface area contributed by atoms with Gasteiger partial charge in [0.25, 0.3) is 10.0 Å². The van der Waals surface area contributed by atoms with Gasteiger partial charge in [0.05, 0.1) is 25.8 Å². The minimum Gasteiger partial charge on any atom is -0.465 e. The highest BCUT2D eigenvalue weighted by atomic mass is 32.2. The Labute approximate surface area is 205 Å². The van der Waals surface area contributed by atoms with Crippen molar-refractivity contribution in [3.8, 4) is 0 Å². The summed E-state index contributed by atoms with van der Waals surface area (Å²) in [7, 11) is -2.53. The van der Waals surface area contributed by atoms with E-state index in [1.807, 2.05) is 0 Å². The standard InChI is InChI=1S/C21H25N3O7S3/c1-3-31-21(27)23-10-8-13-15(12-23)33-19(17(13)20(26)30-2)22-18(25)14-6-4-9-24(14)34(28,29)16-7-5-11-32-16/h5,7,11,14H,3-4,6,8-10,12H2,1-2H3,(H,22,25). The first-order valence-electron chi connectivity index (χ1n) is 10.8. The number of rotatable bonds is 6. The summed E-state index contributed by atoms with van der Waals surface area (Å²) in [6.45, 7) is 2.86. The number of nitrogens with one attached hydrogen (secondary N) is 1. The summed E-state index contributed by atoms with van der Waals surface area (Å²) in [4.78, 5) is 40.3. The van der Waals surface area contributed by atoms with Crippen LogP contribution in [-0.4, -0.2) is 68.4 Å². The third-order valence-electron chi connectivity index (χ3n) is 5.77. The Morgan fingerprint density at radius 1 is 1.26 bits per heavy atom. The molecular formula is C21H25N3O7S3. The molecule has 1 atom stereocenters. The summed E-state index contributed by atoms with van der Waals surface area (Å²) in [5, 5.41) is 4.76. The van der Waals surface area contributed by atoms with Crippen molar-refractivity contribution in [3.63, 3.8) is 0 Å². The molecule has 0 saturated carbocycles. The number of methoxy groups -OCH3 is 1. The van der Waals surface area contributed by atoms with Gasteiger partial charge in [-0.05, 0) is 43.2 Å². The Morgan fingerprint density at radius 3 is 2.74 bits per heavy atom. The number of ether oxygens (including phenoxy) is 2. The number of anilines is 1. The molecule has 0 spiro atoms. The van der Waals surface area contributed by atoms with Gasteiger partial charge in [0.2, 0.25) is 5.91 Å². The van der Waals surface area contributed by atoms with Gasteiger partial charge in [0, 0.05) is 18.0 Å². The number of sulfonamides is 1. The zero-order valence-corrected chi connectivity index (χ0v) is 21.2. The zero-order valence-electron chi connectivity index (χ0n) is 18.7. The fourth-order valence-corrected chi connectivity index (χ4v) is 8.22. The monoisotopic (exact) mass is 527 g/mol. The quantitative estimate of drug-likeness (QED) is 0.573. The molecule has 0 aromatic carbocycles. The lowest BCUT2D eigenvalue weighted by Crippen LogP contribution is -2.42. The van der Waals surface area contributed by atoms with Crippen molar-refractivity contribution in [1.82, 2.24) is 9.21 Å². The van der Waals surface area contributed by atoms with E-state index in [1.165, 1.54) is 28.8 Å². The topological polar surface area (TPSA) is 122 Å². The summed E-state index contributed by atoms with van der Waals surface area (Å²) in [6, 6.07) is 2.29. The number of esters is 1. The molecule has 4 heterocycles. The average Bonchev–Trinajstić information content (AvgIpc) is 3.58. The van der Waals surface area contributed by atoms with E-state index in [0.29, 0.717) is 30.8 Å². The maximum Gasteiger partial charge on any atom is 0.410 e. The molecule has 4 rings (SSSR count). The molecule has 10 nitrogen and oxygen atoms in total. The first-order valence-corrected chi connectivity index (χ1v) is 13.9. The van der Waals surface area contributed by atoms with Crippen molar-refractivity contribution in [3.05, 3.63) is 33.5 Å². The number of fused-ring (bicyclic) bond motifs is 1. The Hall–Kier alpha value is -2.48. The predicted octanol–water partition coefficient (Wildman–Crippen LogP) is 2.90. The molecule has 1 saturated heterocycles. The predicted molar refractivity (Wildman–Crippen MR) is 127 cm³/mol. The van der Waals surface area contributed by atoms with Gasteiger partial charge < -0.3 is 19.7 Å². The van der Waals surface area contributed by atoms with Gasteiger partial charge in [-0.3, -0.25) is 4.79 Å². The van der Waals surface area contributed by atoms with E-state index in [2.05, 4.69) is 5.32 Å². The molecule has 184 valence electrons. The van der Waals surface area contributed by atoms with E-state index in [0.717, 1.165) is 21.8 Å². The molecule has 0 bridgehead atoms. The summed E-state index contributed by atoms with van der Waals surface area (Å²) >= 11 is 2.30. The summed E-state index contributed by atoms with van der Waals surface area (Å²) in [5.74, 6) is -1.09. The van der Waals surface area contributed by atoms with E-state index in [4.69, 9.17) is 9.47 Å². The number of carbonyl (C=O) groups is 3. The minimum atomic E-state index is -3.79. The summed E-state index contributed by atoms with van der Waals surface area (Å²) < 4.78 is 37.5. The largest absolute Gasteiger partial charge is 0.465 e. The average molecular weight is 528 g/mol. The first-order chi connectivity index (χ1) is 16.3. The van der Waals surface area contributed by atoms with Crippen LogP contribution in [0, 0.1) is 0 Å². The molecule has 13 heteroatoms. The fourth-order valence-electron chi connectivity index (χ4n) is 4.19. The second-order valence-electron chi connectivity index (χ2n) is 7.77. The van der Waals surface area contributed by atoms with E-state index in [9.17, 15) is 22.8 Å². The van der Waals surface area contributed by atoms with Gasteiger partial charge in [0.1, 0.15) is 15.3 Å². The molecule has 2 aromatic rings. The van der Waals surface area contributed by atoms with Crippen LogP contribution in [0.1, 0.15) is 40.6 Å². The molecule has 2 amide bonds. The molecular weight excluding hydrogens is 502 g/mol. The normalized spacial score (nSPS) is 18.4. The van der Waals surface area contributed by atoms with Crippen LogP contribution in [0.25, 0.3) is 0 Å². The van der Waals surface area contributed by atoms with E-state index < -0.39 is 34.0 Å². The van der Waals surface area contributed by atoms with Gasteiger partial charge in [-0.2, -0.15) is 4.31 Å². The lowest BCUT2D eigenvalue weighted by Gasteiger charge is -2.26. The Balaban J connectivity index is 1.59. The number of hydrogen-bond acceptors (Lipinski definition) is 9. The molecule has 0 aliphatic carbocycles. The smallest absolute Gasteiger partial charge is 0.410 e. The molecule has 1 fully saturated rings. The second kappa shape index (κ2) is 10.0. The molecule has 1 N–H and O–H groups in total. The maximum absolute atomic E-state index is 13.2. The van der Waals surface area contributed by atoms with Crippen LogP contribution >= 0.6 is 22.7 Å². The molecule has 2 aliphatic heterocycles. The van der Waals surface area contributed by atoms with Crippen LogP contribution in [0.3, 0.4) is 0 Å². The highest BCUT2D eigenvalue weighted by Crippen LogP contribution is 2.38.